The molecule has 0 heterocycles. The first-order valence-electron chi connectivity index (χ1n) is 5.61. The van der Waals surface area contributed by atoms with Gasteiger partial charge in [0.25, 0.3) is 0 Å². The van der Waals surface area contributed by atoms with Gasteiger partial charge < -0.3 is 10.2 Å². The summed E-state index contributed by atoms with van der Waals surface area (Å²) in [5, 5.41) is 3.05. The summed E-state index contributed by atoms with van der Waals surface area (Å²) >= 11 is 0. The third-order valence-electron chi connectivity index (χ3n) is 2.24. The molecule has 0 aromatic heterocycles. The minimum absolute atomic E-state index is 0.00625. The molecule has 0 aliphatic rings. The van der Waals surface area contributed by atoms with Crippen molar-refractivity contribution >= 4 is 6.03 Å². The van der Waals surface area contributed by atoms with Crippen molar-refractivity contribution in [3.8, 4) is 0 Å². The summed E-state index contributed by atoms with van der Waals surface area (Å²) in [6, 6.07) is 0.00625. The second kappa shape index (κ2) is 4.86. The molecule has 3 heteroatoms. The molecule has 0 radical (unpaired) electrons. The van der Waals surface area contributed by atoms with E-state index in [1.807, 2.05) is 14.0 Å². The molecule has 0 saturated carbocycles. The van der Waals surface area contributed by atoms with Gasteiger partial charge in [-0.25, -0.2) is 4.79 Å². The number of rotatable bonds is 3. The van der Waals surface area contributed by atoms with E-state index in [-0.39, 0.29) is 17.0 Å². The maximum atomic E-state index is 11.7. The summed E-state index contributed by atoms with van der Waals surface area (Å²) in [5.41, 5.74) is 0.0698. The Bertz CT molecular complexity index is 216. The molecule has 0 aliphatic heterocycles. The largest absolute Gasteiger partial charge is 0.333 e. The topological polar surface area (TPSA) is 32.3 Å². The van der Waals surface area contributed by atoms with Gasteiger partial charge in [-0.1, -0.05) is 20.8 Å². The number of urea groups is 1. The van der Waals surface area contributed by atoms with Crippen molar-refractivity contribution in [2.24, 2.45) is 5.41 Å². The molecule has 0 saturated heterocycles. The molecule has 0 aromatic rings. The molecule has 0 fully saturated rings. The molecule has 0 aromatic carbocycles. The molecule has 15 heavy (non-hydrogen) atoms. The number of hydrogen-bond donors (Lipinski definition) is 1. The fourth-order valence-corrected chi connectivity index (χ4v) is 1.90. The van der Waals surface area contributed by atoms with E-state index in [1.54, 1.807) is 4.90 Å². The molecule has 0 unspecified atom stereocenters. The summed E-state index contributed by atoms with van der Waals surface area (Å²) in [4.78, 5) is 13.4. The van der Waals surface area contributed by atoms with Crippen molar-refractivity contribution in [2.45, 2.75) is 53.5 Å². The first-order chi connectivity index (χ1) is 6.57. The van der Waals surface area contributed by atoms with Crippen LogP contribution in [0.4, 0.5) is 4.79 Å². The number of hydrogen-bond acceptors (Lipinski definition) is 1. The van der Waals surface area contributed by atoms with Crippen molar-refractivity contribution in [2.75, 3.05) is 13.6 Å². The van der Waals surface area contributed by atoms with Gasteiger partial charge in [0.05, 0.1) is 0 Å². The van der Waals surface area contributed by atoms with Gasteiger partial charge >= 0.3 is 6.03 Å². The van der Waals surface area contributed by atoms with Crippen molar-refractivity contribution in [3.05, 3.63) is 0 Å². The van der Waals surface area contributed by atoms with Crippen LogP contribution in [0.2, 0.25) is 0 Å². The average Bonchev–Trinajstić information content (AvgIpc) is 1.96. The zero-order chi connectivity index (χ0) is 12.3. The van der Waals surface area contributed by atoms with Gasteiger partial charge in [-0.05, 0) is 32.6 Å². The lowest BCUT2D eigenvalue weighted by atomic mass is 9.82. The van der Waals surface area contributed by atoms with Crippen LogP contribution in [0.3, 0.4) is 0 Å². The predicted molar refractivity (Wildman–Crippen MR) is 65.0 cm³/mol. The van der Waals surface area contributed by atoms with E-state index in [4.69, 9.17) is 0 Å². The van der Waals surface area contributed by atoms with Crippen LogP contribution in [0, 0.1) is 5.41 Å². The maximum absolute atomic E-state index is 11.7. The van der Waals surface area contributed by atoms with Gasteiger partial charge in [-0.2, -0.15) is 0 Å². The highest BCUT2D eigenvalue weighted by Crippen LogP contribution is 2.26. The van der Waals surface area contributed by atoms with Crippen molar-refractivity contribution in [1.29, 1.82) is 0 Å². The third kappa shape index (κ3) is 6.37. The van der Waals surface area contributed by atoms with E-state index in [9.17, 15) is 4.79 Å². The van der Waals surface area contributed by atoms with Crippen molar-refractivity contribution in [1.82, 2.24) is 10.2 Å². The third-order valence-corrected chi connectivity index (χ3v) is 2.24. The fourth-order valence-electron chi connectivity index (χ4n) is 1.90. The molecule has 0 aliphatic carbocycles. The molecule has 0 bridgehead atoms. The van der Waals surface area contributed by atoms with Crippen molar-refractivity contribution in [3.63, 3.8) is 0 Å². The Kier molecular flexibility index (Phi) is 4.63. The van der Waals surface area contributed by atoms with Gasteiger partial charge in [-0.3, -0.25) is 0 Å². The SMILES string of the molecule is CCN(C)C(=O)NC(C)(C)CC(C)(C)C. The van der Waals surface area contributed by atoms with E-state index in [0.29, 0.717) is 0 Å². The fraction of sp³-hybridized carbons (Fsp3) is 0.917. The highest BCUT2D eigenvalue weighted by atomic mass is 16.2. The van der Waals surface area contributed by atoms with Crippen LogP contribution in [-0.2, 0) is 0 Å². The molecule has 0 atom stereocenters. The highest BCUT2D eigenvalue weighted by molar-refractivity contribution is 5.74. The summed E-state index contributed by atoms with van der Waals surface area (Å²) in [6.45, 7) is 13.4. The van der Waals surface area contributed by atoms with Crippen molar-refractivity contribution < 1.29 is 4.79 Å². The Hall–Kier alpha value is -0.730. The van der Waals surface area contributed by atoms with Crippen LogP contribution in [0.5, 0.6) is 0 Å². The Morgan fingerprint density at radius 2 is 1.67 bits per heavy atom. The molecule has 0 rings (SSSR count). The van der Waals surface area contributed by atoms with Crippen LogP contribution in [0.15, 0.2) is 0 Å². The smallest absolute Gasteiger partial charge is 0.317 e. The standard InChI is InChI=1S/C12H26N2O/c1-8-14(7)10(15)13-12(5,6)9-11(2,3)4/h8-9H2,1-7H3,(H,13,15). The van der Waals surface area contributed by atoms with Gasteiger partial charge in [-0.15, -0.1) is 0 Å². The molecule has 90 valence electrons. The summed E-state index contributed by atoms with van der Waals surface area (Å²) in [7, 11) is 1.81. The van der Waals surface area contributed by atoms with Gasteiger partial charge in [0.2, 0.25) is 0 Å². The Morgan fingerprint density at radius 3 is 2.00 bits per heavy atom. The molecule has 0 spiro atoms. The number of carbonyl (C=O) groups is 1. The number of nitrogens with zero attached hydrogens (tertiary/aromatic N) is 1. The predicted octanol–water partition coefficient (Wildman–Crippen LogP) is 2.86. The summed E-state index contributed by atoms with van der Waals surface area (Å²) in [5.74, 6) is 0. The lowest BCUT2D eigenvalue weighted by Gasteiger charge is -2.34. The van der Waals surface area contributed by atoms with E-state index in [2.05, 4.69) is 39.9 Å². The van der Waals surface area contributed by atoms with Crippen LogP contribution >= 0.6 is 0 Å². The van der Waals surface area contributed by atoms with Crippen LogP contribution in [0.1, 0.15) is 48.0 Å². The maximum Gasteiger partial charge on any atom is 0.317 e. The molecular weight excluding hydrogens is 188 g/mol. The Balaban J connectivity index is 4.32. The lowest BCUT2D eigenvalue weighted by Crippen LogP contribution is -2.50. The minimum atomic E-state index is -0.154. The van der Waals surface area contributed by atoms with Crippen LogP contribution in [0.25, 0.3) is 0 Å². The normalized spacial score (nSPS) is 12.5. The van der Waals surface area contributed by atoms with Gasteiger partial charge in [0.15, 0.2) is 0 Å². The number of nitrogens with one attached hydrogen (secondary N) is 1. The van der Waals surface area contributed by atoms with Crippen LogP contribution in [-0.4, -0.2) is 30.1 Å². The molecule has 2 amide bonds. The zero-order valence-electron chi connectivity index (χ0n) is 11.3. The monoisotopic (exact) mass is 214 g/mol. The quantitative estimate of drug-likeness (QED) is 0.769. The molecular formula is C12H26N2O. The van der Waals surface area contributed by atoms with E-state index in [0.717, 1.165) is 13.0 Å². The summed E-state index contributed by atoms with van der Waals surface area (Å²) in [6.07, 6.45) is 0.962. The molecule has 1 N–H and O–H groups in total. The van der Waals surface area contributed by atoms with E-state index in [1.165, 1.54) is 0 Å². The van der Waals surface area contributed by atoms with Crippen LogP contribution < -0.4 is 5.32 Å². The first kappa shape index (κ1) is 14.3. The highest BCUT2D eigenvalue weighted by Gasteiger charge is 2.27. The Labute approximate surface area is 94.2 Å². The first-order valence-corrected chi connectivity index (χ1v) is 5.61. The zero-order valence-corrected chi connectivity index (χ0v) is 11.3. The second-order valence-electron chi connectivity index (χ2n) is 6.07. The van der Waals surface area contributed by atoms with Gasteiger partial charge in [0.1, 0.15) is 0 Å². The molecule has 3 nitrogen and oxygen atoms in total. The lowest BCUT2D eigenvalue weighted by molar-refractivity contribution is 0.185. The van der Waals surface area contributed by atoms with E-state index >= 15 is 0 Å². The number of carbonyl (C=O) groups excluding carboxylic acids is 1. The minimum Gasteiger partial charge on any atom is -0.333 e. The number of amides is 2. The average molecular weight is 214 g/mol. The summed E-state index contributed by atoms with van der Waals surface area (Å²) < 4.78 is 0. The van der Waals surface area contributed by atoms with E-state index < -0.39 is 0 Å². The second-order valence-corrected chi connectivity index (χ2v) is 6.07. The Morgan fingerprint density at radius 1 is 1.20 bits per heavy atom. The van der Waals surface area contributed by atoms with Gasteiger partial charge in [0, 0.05) is 19.1 Å².